The molecule has 40 heavy (non-hydrogen) atoms. The second-order valence-corrected chi connectivity index (χ2v) is 11.9. The van der Waals surface area contributed by atoms with Gasteiger partial charge >= 0.3 is 12.6 Å². The summed E-state index contributed by atoms with van der Waals surface area (Å²) in [5.41, 5.74) is 0.867. The fraction of sp³-hybridized carbons (Fsp3) is 0.414. The smallest absolute Gasteiger partial charge is 0.387 e. The number of piperidine rings is 1. The third-order valence-corrected chi connectivity index (χ3v) is 7.01. The molecule has 1 saturated heterocycles. The molecule has 0 aliphatic carbocycles. The highest BCUT2D eigenvalue weighted by atomic mass is 31.0. The molecule has 1 aromatic heterocycles. The van der Waals surface area contributed by atoms with Crippen molar-refractivity contribution < 1.29 is 27.8 Å². The van der Waals surface area contributed by atoms with Crippen LogP contribution in [-0.4, -0.2) is 59.6 Å². The number of carbonyl (C=O) groups is 1. The molecule has 1 fully saturated rings. The van der Waals surface area contributed by atoms with Crippen molar-refractivity contribution in [2.24, 2.45) is 0 Å². The Hall–Kier alpha value is -3.36. The summed E-state index contributed by atoms with van der Waals surface area (Å²) in [6.07, 6.45) is 4.99. The highest BCUT2D eigenvalue weighted by Gasteiger charge is 2.32. The van der Waals surface area contributed by atoms with Crippen molar-refractivity contribution in [3.8, 4) is 5.75 Å². The molecule has 0 spiro atoms. The molecular weight excluding hydrogens is 537 g/mol. The minimum Gasteiger partial charge on any atom is -0.458 e. The third-order valence-electron chi connectivity index (χ3n) is 6.27. The second-order valence-electron chi connectivity index (χ2n) is 10.7. The maximum atomic E-state index is 12.9. The van der Waals surface area contributed by atoms with E-state index in [0.29, 0.717) is 23.9 Å². The summed E-state index contributed by atoms with van der Waals surface area (Å²) in [5.74, 6) is 0.931. The van der Waals surface area contributed by atoms with E-state index in [1.807, 2.05) is 56.0 Å². The Morgan fingerprint density at radius 2 is 1.77 bits per heavy atom. The van der Waals surface area contributed by atoms with E-state index < -0.39 is 12.2 Å². The monoisotopic (exact) mass is 572 g/mol. The zero-order chi connectivity index (χ0) is 28.8. The van der Waals surface area contributed by atoms with Crippen molar-refractivity contribution in [1.82, 2.24) is 9.97 Å². The molecule has 1 unspecified atom stereocenters. The average Bonchev–Trinajstić information content (AvgIpc) is 2.89. The number of hydrogen-bond acceptors (Lipinski definition) is 8. The Kier molecular flexibility index (Phi) is 9.53. The van der Waals surface area contributed by atoms with Crippen LogP contribution < -0.4 is 14.5 Å². The van der Waals surface area contributed by atoms with E-state index in [9.17, 15) is 13.6 Å². The van der Waals surface area contributed by atoms with E-state index in [-0.39, 0.29) is 23.5 Å². The van der Waals surface area contributed by atoms with Crippen molar-refractivity contribution in [2.75, 3.05) is 36.1 Å². The standard InChI is InChI=1S/C29H35F2N4O4P/c1-28(2,3)39-26(36)19-37-20-29(40)12-14-34(15-13-29)24-17-32-18-25(33-24)35(21-8-5-4-6-9-21)22-10-7-11-23(16-22)38-27(30)31/h4-11,16-18,27H,12-15,19-20,40H2,1-3H3. The van der Waals surface area contributed by atoms with E-state index >= 15 is 0 Å². The average molecular weight is 573 g/mol. The van der Waals surface area contributed by atoms with Crippen LogP contribution in [0.4, 0.5) is 31.8 Å². The van der Waals surface area contributed by atoms with E-state index in [1.165, 1.54) is 6.07 Å². The van der Waals surface area contributed by atoms with Crippen molar-refractivity contribution in [3.05, 3.63) is 67.0 Å². The van der Waals surface area contributed by atoms with Gasteiger partial charge in [-0.25, -0.2) is 9.78 Å². The van der Waals surface area contributed by atoms with Gasteiger partial charge in [0, 0.05) is 30.0 Å². The van der Waals surface area contributed by atoms with Crippen LogP contribution in [-0.2, 0) is 14.3 Å². The number of ether oxygens (including phenoxy) is 3. The fourth-order valence-corrected chi connectivity index (χ4v) is 4.81. The largest absolute Gasteiger partial charge is 0.458 e. The number of alkyl halides is 2. The number of halogens is 2. The Bertz CT molecular complexity index is 1270. The van der Waals surface area contributed by atoms with E-state index in [1.54, 1.807) is 30.6 Å². The highest BCUT2D eigenvalue weighted by molar-refractivity contribution is 7.19. The minimum atomic E-state index is -2.92. The summed E-state index contributed by atoms with van der Waals surface area (Å²) in [6, 6.07) is 16.0. The molecule has 1 aliphatic heterocycles. The zero-order valence-electron chi connectivity index (χ0n) is 22.9. The van der Waals surface area contributed by atoms with Gasteiger partial charge in [0.1, 0.15) is 23.8 Å². The first-order valence-corrected chi connectivity index (χ1v) is 13.6. The molecule has 1 atom stereocenters. The molecule has 0 radical (unpaired) electrons. The Morgan fingerprint density at radius 1 is 1.07 bits per heavy atom. The number of nitrogens with zero attached hydrogens (tertiary/aromatic N) is 4. The van der Waals surface area contributed by atoms with Gasteiger partial charge in [-0.15, -0.1) is 9.24 Å². The molecule has 11 heteroatoms. The third kappa shape index (κ3) is 8.32. The fourth-order valence-electron chi connectivity index (χ4n) is 4.43. The first-order valence-electron chi connectivity index (χ1n) is 13.1. The van der Waals surface area contributed by atoms with Gasteiger partial charge in [-0.1, -0.05) is 24.3 Å². The van der Waals surface area contributed by atoms with E-state index in [0.717, 1.165) is 31.6 Å². The normalized spacial score (nSPS) is 15.1. The number of carbonyl (C=O) groups excluding carboxylic acids is 1. The number of esters is 1. The molecule has 0 saturated carbocycles. The number of rotatable bonds is 10. The molecule has 3 aromatic rings. The van der Waals surface area contributed by atoms with Crippen molar-refractivity contribution in [2.45, 2.75) is 51.0 Å². The second kappa shape index (κ2) is 12.9. The number of para-hydroxylation sites is 1. The van der Waals surface area contributed by atoms with Crippen LogP contribution in [0.3, 0.4) is 0 Å². The summed E-state index contributed by atoms with van der Waals surface area (Å²) >= 11 is 0. The van der Waals surface area contributed by atoms with Crippen molar-refractivity contribution in [1.29, 1.82) is 0 Å². The van der Waals surface area contributed by atoms with Crippen LogP contribution >= 0.6 is 9.24 Å². The van der Waals surface area contributed by atoms with Crippen LogP contribution in [0, 0.1) is 0 Å². The van der Waals surface area contributed by atoms with Gasteiger partial charge in [-0.3, -0.25) is 9.88 Å². The van der Waals surface area contributed by atoms with E-state index in [4.69, 9.17) is 14.5 Å². The lowest BCUT2D eigenvalue weighted by Gasteiger charge is -2.39. The Balaban J connectivity index is 1.47. The SMILES string of the molecule is CC(C)(C)OC(=O)COCC1(P)CCN(c2cncc(N(c3ccccc3)c3cccc(OC(F)F)c3)n2)CC1. The highest BCUT2D eigenvalue weighted by Crippen LogP contribution is 2.37. The zero-order valence-corrected chi connectivity index (χ0v) is 24.1. The van der Waals surface area contributed by atoms with Gasteiger partial charge in [0.15, 0.2) is 5.82 Å². The van der Waals surface area contributed by atoms with Crippen molar-refractivity contribution >= 4 is 38.2 Å². The lowest BCUT2D eigenvalue weighted by Crippen LogP contribution is -2.44. The van der Waals surface area contributed by atoms with Crippen LogP contribution in [0.1, 0.15) is 33.6 Å². The number of benzene rings is 2. The van der Waals surface area contributed by atoms with Crippen LogP contribution in [0.25, 0.3) is 0 Å². The minimum absolute atomic E-state index is 0.0549. The molecular formula is C29H35F2N4O4P. The molecule has 4 rings (SSSR count). The summed E-state index contributed by atoms with van der Waals surface area (Å²) in [5, 5.41) is -0.162. The van der Waals surface area contributed by atoms with Gasteiger partial charge in [-0.2, -0.15) is 8.78 Å². The predicted octanol–water partition coefficient (Wildman–Crippen LogP) is 6.12. The van der Waals surface area contributed by atoms with Crippen LogP contribution in [0.15, 0.2) is 67.0 Å². The van der Waals surface area contributed by atoms with Gasteiger partial charge in [0.25, 0.3) is 0 Å². The van der Waals surface area contributed by atoms with Gasteiger partial charge < -0.3 is 19.1 Å². The topological polar surface area (TPSA) is 77.0 Å². The van der Waals surface area contributed by atoms with Gasteiger partial charge in [0.05, 0.1) is 24.7 Å². The molecule has 0 bridgehead atoms. The van der Waals surface area contributed by atoms with E-state index in [2.05, 4.69) is 23.9 Å². The molecule has 1 aliphatic rings. The lowest BCUT2D eigenvalue weighted by molar-refractivity contribution is -0.160. The maximum Gasteiger partial charge on any atom is 0.387 e. The Labute approximate surface area is 235 Å². The molecule has 214 valence electrons. The molecule has 8 nitrogen and oxygen atoms in total. The predicted molar refractivity (Wildman–Crippen MR) is 154 cm³/mol. The summed E-state index contributed by atoms with van der Waals surface area (Å²) in [7, 11) is 2.90. The first kappa shape index (κ1) is 29.6. The quantitative estimate of drug-likeness (QED) is 0.213. The Morgan fingerprint density at radius 3 is 2.45 bits per heavy atom. The van der Waals surface area contributed by atoms with Crippen molar-refractivity contribution in [3.63, 3.8) is 0 Å². The number of hydrogen-bond donors (Lipinski definition) is 0. The molecule has 2 aromatic carbocycles. The van der Waals surface area contributed by atoms with Crippen LogP contribution in [0.5, 0.6) is 5.75 Å². The van der Waals surface area contributed by atoms with Gasteiger partial charge in [0.2, 0.25) is 0 Å². The van der Waals surface area contributed by atoms with Gasteiger partial charge in [-0.05, 0) is 57.9 Å². The molecule has 2 heterocycles. The first-order chi connectivity index (χ1) is 19.0. The lowest BCUT2D eigenvalue weighted by atomic mass is 9.96. The summed E-state index contributed by atoms with van der Waals surface area (Å²) in [6.45, 7) is 4.35. The molecule has 0 amide bonds. The maximum absolute atomic E-state index is 12.9. The number of anilines is 4. The summed E-state index contributed by atoms with van der Waals surface area (Å²) in [4.78, 5) is 25.4. The summed E-state index contributed by atoms with van der Waals surface area (Å²) < 4.78 is 41.4. The molecule has 0 N–H and O–H groups in total. The van der Waals surface area contributed by atoms with Crippen LogP contribution in [0.2, 0.25) is 0 Å². The number of aromatic nitrogens is 2.